The zero-order chi connectivity index (χ0) is 6.97. The molecule has 1 aromatic rings. The van der Waals surface area contributed by atoms with Gasteiger partial charge in [0.2, 0.25) is 0 Å². The SMILES string of the molecule is O=c1cnc2c([nH]1)CCC2. The van der Waals surface area contributed by atoms with Crippen molar-refractivity contribution in [3.63, 3.8) is 0 Å². The highest BCUT2D eigenvalue weighted by Crippen LogP contribution is 2.14. The van der Waals surface area contributed by atoms with Gasteiger partial charge < -0.3 is 4.98 Å². The number of aromatic amines is 1. The van der Waals surface area contributed by atoms with Crippen LogP contribution in [0.4, 0.5) is 0 Å². The van der Waals surface area contributed by atoms with E-state index in [-0.39, 0.29) is 5.56 Å². The summed E-state index contributed by atoms with van der Waals surface area (Å²) in [5.41, 5.74) is 2.02. The molecule has 1 aromatic heterocycles. The molecule has 1 heterocycles. The van der Waals surface area contributed by atoms with Gasteiger partial charge in [-0.25, -0.2) is 0 Å². The molecule has 0 amide bonds. The van der Waals surface area contributed by atoms with Crippen LogP contribution in [0.1, 0.15) is 17.8 Å². The van der Waals surface area contributed by atoms with Crippen LogP contribution in [-0.2, 0) is 12.8 Å². The molecule has 1 N–H and O–H groups in total. The van der Waals surface area contributed by atoms with E-state index in [2.05, 4.69) is 9.97 Å². The van der Waals surface area contributed by atoms with E-state index in [9.17, 15) is 4.79 Å². The van der Waals surface area contributed by atoms with Gasteiger partial charge in [-0.05, 0) is 19.3 Å². The van der Waals surface area contributed by atoms with E-state index in [1.165, 1.54) is 6.20 Å². The minimum atomic E-state index is -0.0827. The predicted molar refractivity (Wildman–Crippen MR) is 36.9 cm³/mol. The Morgan fingerprint density at radius 3 is 3.30 bits per heavy atom. The van der Waals surface area contributed by atoms with Crippen molar-refractivity contribution < 1.29 is 0 Å². The van der Waals surface area contributed by atoms with Gasteiger partial charge in [0.25, 0.3) is 5.56 Å². The van der Waals surface area contributed by atoms with Crippen molar-refractivity contribution in [1.82, 2.24) is 9.97 Å². The van der Waals surface area contributed by atoms with E-state index in [0.29, 0.717) is 0 Å². The van der Waals surface area contributed by atoms with Gasteiger partial charge in [0.1, 0.15) is 0 Å². The molecule has 1 aliphatic carbocycles. The summed E-state index contributed by atoms with van der Waals surface area (Å²) in [6.07, 6.45) is 4.48. The summed E-state index contributed by atoms with van der Waals surface area (Å²) in [7, 11) is 0. The molecule has 0 atom stereocenters. The summed E-state index contributed by atoms with van der Waals surface area (Å²) >= 11 is 0. The first kappa shape index (κ1) is 5.65. The molecule has 3 nitrogen and oxygen atoms in total. The number of rotatable bonds is 0. The number of hydrogen-bond donors (Lipinski definition) is 1. The van der Waals surface area contributed by atoms with E-state index < -0.39 is 0 Å². The molecule has 0 aromatic carbocycles. The number of H-pyrrole nitrogens is 1. The molecule has 2 rings (SSSR count). The molecule has 0 unspecified atom stereocenters. The van der Waals surface area contributed by atoms with Gasteiger partial charge in [-0.2, -0.15) is 0 Å². The van der Waals surface area contributed by atoms with Crippen molar-refractivity contribution in [2.24, 2.45) is 0 Å². The van der Waals surface area contributed by atoms with Crippen molar-refractivity contribution in [2.75, 3.05) is 0 Å². The summed E-state index contributed by atoms with van der Waals surface area (Å²) in [4.78, 5) is 17.5. The maximum Gasteiger partial charge on any atom is 0.266 e. The van der Waals surface area contributed by atoms with E-state index in [1.54, 1.807) is 0 Å². The van der Waals surface area contributed by atoms with Crippen LogP contribution in [0.5, 0.6) is 0 Å². The number of fused-ring (bicyclic) bond motifs is 1. The fourth-order valence-electron chi connectivity index (χ4n) is 1.32. The molecular formula is C7H8N2O. The second-order valence-corrected chi connectivity index (χ2v) is 2.53. The first-order valence-electron chi connectivity index (χ1n) is 3.43. The minimum Gasteiger partial charge on any atom is -0.323 e. The Kier molecular flexibility index (Phi) is 1.09. The Morgan fingerprint density at radius 2 is 2.40 bits per heavy atom. The third kappa shape index (κ3) is 0.744. The van der Waals surface area contributed by atoms with Crippen LogP contribution in [0.15, 0.2) is 11.0 Å². The normalized spacial score (nSPS) is 15.2. The van der Waals surface area contributed by atoms with Crippen LogP contribution in [0, 0.1) is 0 Å². The molecule has 0 bridgehead atoms. The Labute approximate surface area is 58.1 Å². The van der Waals surface area contributed by atoms with Crippen LogP contribution >= 0.6 is 0 Å². The van der Waals surface area contributed by atoms with Crippen molar-refractivity contribution in [3.8, 4) is 0 Å². The zero-order valence-corrected chi connectivity index (χ0v) is 5.55. The third-order valence-corrected chi connectivity index (χ3v) is 1.80. The van der Waals surface area contributed by atoms with Gasteiger partial charge in [-0.3, -0.25) is 9.78 Å². The van der Waals surface area contributed by atoms with Crippen LogP contribution < -0.4 is 5.56 Å². The lowest BCUT2D eigenvalue weighted by Crippen LogP contribution is -2.08. The van der Waals surface area contributed by atoms with Gasteiger partial charge in [0.15, 0.2) is 0 Å². The summed E-state index contributed by atoms with van der Waals surface area (Å²) < 4.78 is 0. The lowest BCUT2D eigenvalue weighted by molar-refractivity contribution is 0.893. The van der Waals surface area contributed by atoms with Crippen LogP contribution in [0.2, 0.25) is 0 Å². The van der Waals surface area contributed by atoms with Crippen LogP contribution in [-0.4, -0.2) is 9.97 Å². The van der Waals surface area contributed by atoms with Gasteiger partial charge in [0.05, 0.1) is 11.9 Å². The molecule has 10 heavy (non-hydrogen) atoms. The summed E-state index contributed by atoms with van der Waals surface area (Å²) in [5.74, 6) is 0. The lowest BCUT2D eigenvalue weighted by Gasteiger charge is -1.92. The third-order valence-electron chi connectivity index (χ3n) is 1.80. The molecular weight excluding hydrogens is 128 g/mol. The Morgan fingerprint density at radius 1 is 1.50 bits per heavy atom. The fraction of sp³-hybridized carbons (Fsp3) is 0.429. The number of nitrogens with zero attached hydrogens (tertiary/aromatic N) is 1. The standard InChI is InChI=1S/C7H8N2O/c10-7-4-8-5-2-1-3-6(5)9-7/h4H,1-3H2,(H,9,10). The predicted octanol–water partition coefficient (Wildman–Crippen LogP) is 0.259. The van der Waals surface area contributed by atoms with Crippen LogP contribution in [0.3, 0.4) is 0 Å². The average molecular weight is 136 g/mol. The second kappa shape index (κ2) is 1.94. The number of hydrogen-bond acceptors (Lipinski definition) is 2. The minimum absolute atomic E-state index is 0.0827. The largest absolute Gasteiger partial charge is 0.323 e. The van der Waals surface area contributed by atoms with E-state index in [1.807, 2.05) is 0 Å². The molecule has 52 valence electrons. The van der Waals surface area contributed by atoms with Crippen LogP contribution in [0.25, 0.3) is 0 Å². The van der Waals surface area contributed by atoms with Crippen molar-refractivity contribution in [2.45, 2.75) is 19.3 Å². The summed E-state index contributed by atoms with van der Waals surface area (Å²) in [6, 6.07) is 0. The smallest absolute Gasteiger partial charge is 0.266 e. The van der Waals surface area contributed by atoms with Gasteiger partial charge in [-0.1, -0.05) is 0 Å². The zero-order valence-electron chi connectivity index (χ0n) is 5.55. The first-order valence-corrected chi connectivity index (χ1v) is 3.43. The van der Waals surface area contributed by atoms with Crippen molar-refractivity contribution in [3.05, 3.63) is 27.9 Å². The monoisotopic (exact) mass is 136 g/mol. The maximum atomic E-state index is 10.7. The molecule has 3 heteroatoms. The fourth-order valence-corrected chi connectivity index (χ4v) is 1.32. The highest BCUT2D eigenvalue weighted by Gasteiger charge is 2.11. The van der Waals surface area contributed by atoms with E-state index in [0.717, 1.165) is 30.7 Å². The number of aryl methyl sites for hydroxylation is 2. The highest BCUT2D eigenvalue weighted by molar-refractivity contribution is 5.15. The molecule has 0 saturated heterocycles. The quantitative estimate of drug-likeness (QED) is 0.556. The Balaban J connectivity index is 2.63. The summed E-state index contributed by atoms with van der Waals surface area (Å²) in [6.45, 7) is 0. The Hall–Kier alpha value is -1.12. The maximum absolute atomic E-state index is 10.7. The topological polar surface area (TPSA) is 45.8 Å². The number of aromatic nitrogens is 2. The molecule has 0 fully saturated rings. The van der Waals surface area contributed by atoms with E-state index in [4.69, 9.17) is 0 Å². The van der Waals surface area contributed by atoms with Gasteiger partial charge in [0, 0.05) is 5.69 Å². The lowest BCUT2D eigenvalue weighted by atomic mass is 10.4. The van der Waals surface area contributed by atoms with Gasteiger partial charge in [-0.15, -0.1) is 0 Å². The van der Waals surface area contributed by atoms with E-state index >= 15 is 0 Å². The van der Waals surface area contributed by atoms with Gasteiger partial charge >= 0.3 is 0 Å². The highest BCUT2D eigenvalue weighted by atomic mass is 16.1. The van der Waals surface area contributed by atoms with Crippen molar-refractivity contribution >= 4 is 0 Å². The molecule has 0 spiro atoms. The molecule has 0 saturated carbocycles. The molecule has 0 aliphatic heterocycles. The molecule has 0 radical (unpaired) electrons. The first-order chi connectivity index (χ1) is 4.86. The number of nitrogens with one attached hydrogen (secondary N) is 1. The molecule has 1 aliphatic rings. The van der Waals surface area contributed by atoms with Crippen molar-refractivity contribution in [1.29, 1.82) is 0 Å². The Bertz CT molecular complexity index is 303. The second-order valence-electron chi connectivity index (χ2n) is 2.53. The summed E-state index contributed by atoms with van der Waals surface area (Å²) in [5, 5.41) is 0. The average Bonchev–Trinajstić information content (AvgIpc) is 2.33.